The molecule has 0 fully saturated rings. The summed E-state index contributed by atoms with van der Waals surface area (Å²) in [6.07, 6.45) is 0.840. The Balaban J connectivity index is 1.71. The molecule has 1 aliphatic rings. The van der Waals surface area contributed by atoms with Crippen LogP contribution < -0.4 is 19.5 Å². The van der Waals surface area contributed by atoms with Crippen LogP contribution in [0.25, 0.3) is 0 Å². The number of rotatable bonds is 4. The molecule has 1 N–H and O–H groups in total. The van der Waals surface area contributed by atoms with E-state index in [1.165, 1.54) is 0 Å². The minimum Gasteiger partial charge on any atom is -0.497 e. The van der Waals surface area contributed by atoms with Crippen molar-refractivity contribution in [3.05, 3.63) is 53.1 Å². The monoisotopic (exact) mass is 327 g/mol. The van der Waals surface area contributed by atoms with Gasteiger partial charge < -0.3 is 19.5 Å². The molecule has 0 aromatic heterocycles. The zero-order valence-electron chi connectivity index (χ0n) is 13.9. The van der Waals surface area contributed by atoms with Crippen molar-refractivity contribution in [2.75, 3.05) is 20.3 Å². The minimum atomic E-state index is -0.126. The molecule has 0 aliphatic carbocycles. The van der Waals surface area contributed by atoms with Crippen molar-refractivity contribution in [3.63, 3.8) is 0 Å². The van der Waals surface area contributed by atoms with Crippen LogP contribution in [0, 0.1) is 6.92 Å². The number of nitrogens with one attached hydrogen (secondary N) is 1. The fourth-order valence-corrected chi connectivity index (χ4v) is 2.58. The maximum Gasteiger partial charge on any atom is 0.251 e. The fourth-order valence-electron chi connectivity index (χ4n) is 2.58. The van der Waals surface area contributed by atoms with Crippen molar-refractivity contribution in [1.82, 2.24) is 5.32 Å². The zero-order valence-corrected chi connectivity index (χ0v) is 13.9. The molecule has 0 spiro atoms. The highest BCUT2D eigenvalue weighted by Crippen LogP contribution is 2.32. The average Bonchev–Trinajstić information content (AvgIpc) is 2.84. The molecule has 5 heteroatoms. The highest BCUT2D eigenvalue weighted by Gasteiger charge is 2.17. The number of benzene rings is 2. The van der Waals surface area contributed by atoms with E-state index < -0.39 is 0 Å². The Kier molecular flexibility index (Phi) is 4.89. The van der Waals surface area contributed by atoms with Gasteiger partial charge in [0.1, 0.15) is 5.75 Å². The first-order valence-corrected chi connectivity index (χ1v) is 7.99. The molecule has 24 heavy (non-hydrogen) atoms. The number of aryl methyl sites for hydroxylation is 1. The summed E-state index contributed by atoms with van der Waals surface area (Å²) < 4.78 is 16.4. The van der Waals surface area contributed by atoms with Crippen LogP contribution >= 0.6 is 0 Å². The molecule has 1 aliphatic heterocycles. The van der Waals surface area contributed by atoms with Gasteiger partial charge in [-0.05, 0) is 42.3 Å². The normalized spacial score (nSPS) is 13.1. The molecule has 2 aromatic carbocycles. The molecule has 0 saturated carbocycles. The predicted molar refractivity (Wildman–Crippen MR) is 91.0 cm³/mol. The van der Waals surface area contributed by atoms with E-state index in [0.717, 1.165) is 23.3 Å². The second-order valence-electron chi connectivity index (χ2n) is 5.70. The lowest BCUT2D eigenvalue weighted by Crippen LogP contribution is -2.23. The zero-order chi connectivity index (χ0) is 16.9. The van der Waals surface area contributed by atoms with E-state index in [0.29, 0.717) is 36.8 Å². The van der Waals surface area contributed by atoms with Crippen LogP contribution in [0.3, 0.4) is 0 Å². The summed E-state index contributed by atoms with van der Waals surface area (Å²) in [5.41, 5.74) is 2.48. The molecular formula is C19H21NO4. The third-order valence-electron chi connectivity index (χ3n) is 3.95. The summed E-state index contributed by atoms with van der Waals surface area (Å²) in [5.74, 6) is 2.01. The lowest BCUT2D eigenvalue weighted by atomic mass is 10.1. The minimum absolute atomic E-state index is 0.126. The number of carbonyl (C=O) groups is 1. The van der Waals surface area contributed by atoms with Gasteiger partial charge in [-0.25, -0.2) is 0 Å². The van der Waals surface area contributed by atoms with Gasteiger partial charge in [-0.1, -0.05) is 12.1 Å². The van der Waals surface area contributed by atoms with Crippen molar-refractivity contribution in [2.24, 2.45) is 0 Å². The van der Waals surface area contributed by atoms with E-state index in [1.807, 2.05) is 37.3 Å². The standard InChI is InChI=1S/C19H21NO4/c1-13-10-17-18(24-9-3-8-23-17)11-16(13)19(21)20-12-14-4-6-15(22-2)7-5-14/h4-7,10-11H,3,8-9,12H2,1-2H3,(H,20,21). The van der Waals surface area contributed by atoms with E-state index in [2.05, 4.69) is 5.32 Å². The molecule has 126 valence electrons. The Labute approximate surface area is 141 Å². The number of amides is 1. The summed E-state index contributed by atoms with van der Waals surface area (Å²) >= 11 is 0. The largest absolute Gasteiger partial charge is 0.497 e. The van der Waals surface area contributed by atoms with Gasteiger partial charge in [0, 0.05) is 18.5 Å². The average molecular weight is 327 g/mol. The van der Waals surface area contributed by atoms with Crippen LogP contribution in [-0.2, 0) is 6.54 Å². The lowest BCUT2D eigenvalue weighted by Gasteiger charge is -2.13. The van der Waals surface area contributed by atoms with Crippen LogP contribution in [0.1, 0.15) is 27.9 Å². The highest BCUT2D eigenvalue weighted by atomic mass is 16.5. The highest BCUT2D eigenvalue weighted by molar-refractivity contribution is 5.96. The number of hydrogen-bond acceptors (Lipinski definition) is 4. The number of methoxy groups -OCH3 is 1. The first-order valence-electron chi connectivity index (χ1n) is 7.99. The predicted octanol–water partition coefficient (Wildman–Crippen LogP) is 3.09. The molecular weight excluding hydrogens is 306 g/mol. The molecule has 0 bridgehead atoms. The van der Waals surface area contributed by atoms with Gasteiger partial charge in [0.05, 0.1) is 20.3 Å². The second kappa shape index (κ2) is 7.25. The van der Waals surface area contributed by atoms with Gasteiger partial charge in [0.15, 0.2) is 11.5 Å². The van der Waals surface area contributed by atoms with E-state index in [4.69, 9.17) is 14.2 Å². The quantitative estimate of drug-likeness (QED) is 0.937. The fraction of sp³-hybridized carbons (Fsp3) is 0.316. The first kappa shape index (κ1) is 16.2. The summed E-state index contributed by atoms with van der Waals surface area (Å²) in [6, 6.07) is 11.2. The first-order chi connectivity index (χ1) is 11.7. The van der Waals surface area contributed by atoms with Crippen molar-refractivity contribution in [1.29, 1.82) is 0 Å². The Morgan fingerprint density at radius 3 is 2.46 bits per heavy atom. The third-order valence-corrected chi connectivity index (χ3v) is 3.95. The van der Waals surface area contributed by atoms with Crippen LogP contribution in [0.5, 0.6) is 17.2 Å². The number of hydrogen-bond donors (Lipinski definition) is 1. The molecule has 1 amide bonds. The second-order valence-corrected chi connectivity index (χ2v) is 5.70. The van der Waals surface area contributed by atoms with Gasteiger partial charge in [0.2, 0.25) is 0 Å². The van der Waals surface area contributed by atoms with Crippen LogP contribution in [0.15, 0.2) is 36.4 Å². The van der Waals surface area contributed by atoms with Gasteiger partial charge in [-0.3, -0.25) is 4.79 Å². The summed E-state index contributed by atoms with van der Waals surface area (Å²) in [6.45, 7) is 3.59. The summed E-state index contributed by atoms with van der Waals surface area (Å²) in [5, 5.41) is 2.94. The SMILES string of the molecule is COc1ccc(CNC(=O)c2cc3c(cc2C)OCCCO3)cc1. The summed E-state index contributed by atoms with van der Waals surface area (Å²) in [4.78, 5) is 12.5. The van der Waals surface area contributed by atoms with Gasteiger partial charge in [0.25, 0.3) is 5.91 Å². The maximum atomic E-state index is 12.5. The molecule has 1 heterocycles. The molecule has 0 atom stereocenters. The van der Waals surface area contributed by atoms with Crippen molar-refractivity contribution >= 4 is 5.91 Å². The number of carbonyl (C=O) groups excluding carboxylic acids is 1. The van der Waals surface area contributed by atoms with Crippen LogP contribution in [0.2, 0.25) is 0 Å². The van der Waals surface area contributed by atoms with Gasteiger partial charge in [-0.15, -0.1) is 0 Å². The Bertz CT molecular complexity index is 725. The van der Waals surface area contributed by atoms with E-state index in [9.17, 15) is 4.79 Å². The van der Waals surface area contributed by atoms with Gasteiger partial charge in [-0.2, -0.15) is 0 Å². The van der Waals surface area contributed by atoms with Gasteiger partial charge >= 0.3 is 0 Å². The number of ether oxygens (including phenoxy) is 3. The summed E-state index contributed by atoms with van der Waals surface area (Å²) in [7, 11) is 1.63. The van der Waals surface area contributed by atoms with Crippen LogP contribution in [0.4, 0.5) is 0 Å². The topological polar surface area (TPSA) is 56.8 Å². The van der Waals surface area contributed by atoms with E-state index >= 15 is 0 Å². The molecule has 0 radical (unpaired) electrons. The molecule has 3 rings (SSSR count). The Morgan fingerprint density at radius 1 is 1.12 bits per heavy atom. The molecule has 5 nitrogen and oxygen atoms in total. The van der Waals surface area contributed by atoms with E-state index in [-0.39, 0.29) is 5.91 Å². The molecule has 0 saturated heterocycles. The molecule has 2 aromatic rings. The van der Waals surface area contributed by atoms with Crippen molar-refractivity contribution in [2.45, 2.75) is 19.9 Å². The van der Waals surface area contributed by atoms with Crippen LogP contribution in [-0.4, -0.2) is 26.2 Å². The Hall–Kier alpha value is -2.69. The lowest BCUT2D eigenvalue weighted by molar-refractivity contribution is 0.0950. The maximum absolute atomic E-state index is 12.5. The number of fused-ring (bicyclic) bond motifs is 1. The van der Waals surface area contributed by atoms with E-state index in [1.54, 1.807) is 13.2 Å². The van der Waals surface area contributed by atoms with Crippen molar-refractivity contribution in [3.8, 4) is 17.2 Å². The third kappa shape index (κ3) is 3.62. The Morgan fingerprint density at radius 2 is 1.79 bits per heavy atom. The smallest absolute Gasteiger partial charge is 0.251 e. The van der Waals surface area contributed by atoms with Crippen molar-refractivity contribution < 1.29 is 19.0 Å². The molecule has 0 unspecified atom stereocenters.